The Morgan fingerprint density at radius 3 is 2.64 bits per heavy atom. The van der Waals surface area contributed by atoms with Crippen LogP contribution in [0.25, 0.3) is 0 Å². The second-order valence-electron chi connectivity index (χ2n) is 7.78. The van der Waals surface area contributed by atoms with Gasteiger partial charge >= 0.3 is 0 Å². The van der Waals surface area contributed by atoms with Crippen LogP contribution < -0.4 is 5.32 Å². The molecule has 3 rings (SSSR count). The molecule has 1 aromatic carbocycles. The van der Waals surface area contributed by atoms with E-state index >= 15 is 0 Å². The monoisotopic (exact) mass is 382 g/mol. The Balaban J connectivity index is 1.63. The van der Waals surface area contributed by atoms with Crippen LogP contribution in [-0.4, -0.2) is 53.8 Å². The van der Waals surface area contributed by atoms with Crippen LogP contribution in [-0.2, 0) is 16.1 Å². The Bertz CT molecular complexity index is 710. The summed E-state index contributed by atoms with van der Waals surface area (Å²) in [5.41, 5.74) is 1.77. The summed E-state index contributed by atoms with van der Waals surface area (Å²) in [6.07, 6.45) is 6.48. The lowest BCUT2D eigenvalue weighted by molar-refractivity contribution is -0.136. The predicted molar refractivity (Wildman–Crippen MR) is 107 cm³/mol. The Morgan fingerprint density at radius 2 is 1.86 bits per heavy atom. The van der Waals surface area contributed by atoms with E-state index in [4.69, 9.17) is 5.26 Å². The molecule has 2 heterocycles. The molecule has 1 N–H and O–H groups in total. The summed E-state index contributed by atoms with van der Waals surface area (Å²) in [5, 5.41) is 11.9. The third-order valence-electron chi connectivity index (χ3n) is 5.71. The third kappa shape index (κ3) is 5.56. The summed E-state index contributed by atoms with van der Waals surface area (Å²) >= 11 is 0. The van der Waals surface area contributed by atoms with Crippen LogP contribution in [0.4, 0.5) is 0 Å². The molecule has 2 fully saturated rings. The first-order valence-electron chi connectivity index (χ1n) is 10.5. The van der Waals surface area contributed by atoms with Crippen molar-refractivity contribution in [3.8, 4) is 6.07 Å². The number of nitriles is 1. The van der Waals surface area contributed by atoms with Crippen molar-refractivity contribution in [2.45, 2.75) is 57.5 Å². The molecule has 28 heavy (non-hydrogen) atoms. The predicted octanol–water partition coefficient (Wildman–Crippen LogP) is 2.43. The van der Waals surface area contributed by atoms with Gasteiger partial charge in [-0.15, -0.1) is 0 Å². The molecule has 2 aliphatic rings. The van der Waals surface area contributed by atoms with Gasteiger partial charge < -0.3 is 10.2 Å². The fraction of sp³-hybridized carbons (Fsp3) is 0.591. The van der Waals surface area contributed by atoms with Gasteiger partial charge in [0.2, 0.25) is 11.8 Å². The fourth-order valence-electron chi connectivity index (χ4n) is 4.09. The van der Waals surface area contributed by atoms with Crippen molar-refractivity contribution >= 4 is 11.8 Å². The molecule has 0 unspecified atom stereocenters. The van der Waals surface area contributed by atoms with Gasteiger partial charge in [0, 0.05) is 32.6 Å². The Morgan fingerprint density at radius 1 is 1.07 bits per heavy atom. The number of carbonyl (C=O) groups excluding carboxylic acids is 2. The highest BCUT2D eigenvalue weighted by Crippen LogP contribution is 2.23. The summed E-state index contributed by atoms with van der Waals surface area (Å²) in [6.45, 7) is 3.62. The minimum Gasteiger partial charge on any atom is -0.356 e. The standard InChI is InChI=1S/C22H30N4O2/c23-16-18-7-9-19(10-8-18)17-26-14-5-6-20(26)22(28)25-13-4-2-1-3-12-24-21(27)11-15-25/h7-10,20H,1-6,11-15,17H2,(H,24,27)/t20-/m0/s1. The second-order valence-corrected chi connectivity index (χ2v) is 7.78. The SMILES string of the molecule is N#Cc1ccc(CN2CCC[C@H]2C(=O)N2CCCCCCNC(=O)CC2)cc1. The number of carbonyl (C=O) groups is 2. The lowest BCUT2D eigenvalue weighted by Crippen LogP contribution is -2.46. The largest absolute Gasteiger partial charge is 0.356 e. The lowest BCUT2D eigenvalue weighted by atomic mass is 10.1. The maximum absolute atomic E-state index is 13.3. The Labute approximate surface area is 167 Å². The summed E-state index contributed by atoms with van der Waals surface area (Å²) in [4.78, 5) is 29.4. The van der Waals surface area contributed by atoms with E-state index in [-0.39, 0.29) is 17.9 Å². The van der Waals surface area contributed by atoms with Crippen molar-refractivity contribution in [3.63, 3.8) is 0 Å². The van der Waals surface area contributed by atoms with E-state index in [1.165, 1.54) is 0 Å². The number of amides is 2. The topological polar surface area (TPSA) is 76.4 Å². The van der Waals surface area contributed by atoms with Crippen molar-refractivity contribution in [2.75, 3.05) is 26.2 Å². The minimum absolute atomic E-state index is 0.0422. The fourth-order valence-corrected chi connectivity index (χ4v) is 4.09. The molecular weight excluding hydrogens is 352 g/mol. The maximum Gasteiger partial charge on any atom is 0.239 e. The van der Waals surface area contributed by atoms with E-state index in [1.807, 2.05) is 29.2 Å². The average Bonchev–Trinajstić information content (AvgIpc) is 3.15. The number of nitrogens with one attached hydrogen (secondary N) is 1. The molecule has 1 atom stereocenters. The van der Waals surface area contributed by atoms with Crippen molar-refractivity contribution in [1.29, 1.82) is 5.26 Å². The van der Waals surface area contributed by atoms with Gasteiger partial charge in [-0.3, -0.25) is 14.5 Å². The average molecular weight is 383 g/mol. The molecule has 0 radical (unpaired) electrons. The zero-order valence-corrected chi connectivity index (χ0v) is 16.5. The number of nitrogens with zero attached hydrogens (tertiary/aromatic N) is 3. The van der Waals surface area contributed by atoms with Gasteiger partial charge in [-0.05, 0) is 49.9 Å². The number of rotatable bonds is 3. The smallest absolute Gasteiger partial charge is 0.239 e. The number of hydrogen-bond acceptors (Lipinski definition) is 4. The van der Waals surface area contributed by atoms with Crippen molar-refractivity contribution < 1.29 is 9.59 Å². The van der Waals surface area contributed by atoms with Crippen LogP contribution in [0.3, 0.4) is 0 Å². The molecule has 6 heteroatoms. The molecule has 1 aromatic rings. The van der Waals surface area contributed by atoms with Crippen LogP contribution in [0.5, 0.6) is 0 Å². The van der Waals surface area contributed by atoms with Gasteiger partial charge in [0.1, 0.15) is 0 Å². The molecule has 0 aliphatic carbocycles. The lowest BCUT2D eigenvalue weighted by Gasteiger charge is -2.30. The van der Waals surface area contributed by atoms with Gasteiger partial charge in [-0.1, -0.05) is 25.0 Å². The van der Waals surface area contributed by atoms with E-state index in [0.717, 1.165) is 70.3 Å². The number of likely N-dealkylation sites (tertiary alicyclic amines) is 1. The van der Waals surface area contributed by atoms with Gasteiger partial charge in [0.25, 0.3) is 0 Å². The highest BCUT2D eigenvalue weighted by molar-refractivity contribution is 5.83. The Hall–Kier alpha value is -2.39. The van der Waals surface area contributed by atoms with Gasteiger partial charge in [-0.2, -0.15) is 5.26 Å². The summed E-state index contributed by atoms with van der Waals surface area (Å²) in [5.74, 6) is 0.207. The third-order valence-corrected chi connectivity index (χ3v) is 5.71. The molecule has 0 spiro atoms. The molecular formula is C22H30N4O2. The van der Waals surface area contributed by atoms with Crippen molar-refractivity contribution in [1.82, 2.24) is 15.1 Å². The van der Waals surface area contributed by atoms with E-state index in [1.54, 1.807) is 0 Å². The first kappa shape index (κ1) is 20.3. The van der Waals surface area contributed by atoms with Crippen LogP contribution in [0.15, 0.2) is 24.3 Å². The summed E-state index contributed by atoms with van der Waals surface area (Å²) in [7, 11) is 0. The van der Waals surface area contributed by atoms with E-state index in [0.29, 0.717) is 18.5 Å². The van der Waals surface area contributed by atoms with Gasteiger partial charge in [0.15, 0.2) is 0 Å². The normalized spacial score (nSPS) is 22.2. The van der Waals surface area contributed by atoms with E-state index in [2.05, 4.69) is 16.3 Å². The molecule has 0 bridgehead atoms. The Kier molecular flexibility index (Phi) is 7.44. The van der Waals surface area contributed by atoms with Crippen LogP contribution >= 0.6 is 0 Å². The zero-order valence-electron chi connectivity index (χ0n) is 16.5. The molecule has 150 valence electrons. The first-order chi connectivity index (χ1) is 13.7. The molecule has 0 saturated carbocycles. The molecule has 0 aromatic heterocycles. The second kappa shape index (κ2) is 10.2. The molecule has 2 aliphatic heterocycles. The van der Waals surface area contributed by atoms with Crippen molar-refractivity contribution in [2.24, 2.45) is 0 Å². The highest BCUT2D eigenvalue weighted by Gasteiger charge is 2.33. The van der Waals surface area contributed by atoms with Crippen molar-refractivity contribution in [3.05, 3.63) is 35.4 Å². The summed E-state index contributed by atoms with van der Waals surface area (Å²) in [6, 6.07) is 9.62. The quantitative estimate of drug-likeness (QED) is 0.871. The highest BCUT2D eigenvalue weighted by atomic mass is 16.2. The van der Waals surface area contributed by atoms with Gasteiger partial charge in [0.05, 0.1) is 17.7 Å². The minimum atomic E-state index is -0.108. The van der Waals surface area contributed by atoms with Crippen LogP contribution in [0.1, 0.15) is 56.1 Å². The number of hydrogen-bond donors (Lipinski definition) is 1. The molecule has 2 saturated heterocycles. The van der Waals surface area contributed by atoms with Crippen LogP contribution in [0, 0.1) is 11.3 Å². The van der Waals surface area contributed by atoms with E-state index in [9.17, 15) is 9.59 Å². The van der Waals surface area contributed by atoms with Crippen LogP contribution in [0.2, 0.25) is 0 Å². The zero-order chi connectivity index (χ0) is 19.8. The van der Waals surface area contributed by atoms with Gasteiger partial charge in [-0.25, -0.2) is 0 Å². The van der Waals surface area contributed by atoms with E-state index < -0.39 is 0 Å². The number of benzene rings is 1. The summed E-state index contributed by atoms with van der Waals surface area (Å²) < 4.78 is 0. The maximum atomic E-state index is 13.3. The molecule has 2 amide bonds. The molecule has 6 nitrogen and oxygen atoms in total. The first-order valence-corrected chi connectivity index (χ1v) is 10.5.